The molecule has 0 spiro atoms. The van der Waals surface area contributed by atoms with E-state index in [1.54, 1.807) is 0 Å². The van der Waals surface area contributed by atoms with E-state index in [2.05, 4.69) is 20.4 Å². The van der Waals surface area contributed by atoms with Crippen molar-refractivity contribution < 1.29 is 10.2 Å². The van der Waals surface area contributed by atoms with Gasteiger partial charge in [-0.15, -0.1) is 0 Å². The molecule has 4 N–H and O–H groups in total. The maximum absolute atomic E-state index is 10.8. The Labute approximate surface area is 141 Å². The predicted octanol–water partition coefficient (Wildman–Crippen LogP) is 3.25. The van der Waals surface area contributed by atoms with E-state index in [9.17, 15) is 10.2 Å². The van der Waals surface area contributed by atoms with Gasteiger partial charge in [0.2, 0.25) is 0 Å². The lowest BCUT2D eigenvalue weighted by atomic mass is 9.50. The Bertz CT molecular complexity index is 465. The fourth-order valence-corrected chi connectivity index (χ4v) is 6.33. The van der Waals surface area contributed by atoms with E-state index in [4.69, 9.17) is 5.73 Å². The summed E-state index contributed by atoms with van der Waals surface area (Å²) < 4.78 is 0. The second kappa shape index (κ2) is 6.16. The van der Waals surface area contributed by atoms with Crippen LogP contribution in [0.3, 0.4) is 0 Å². The van der Waals surface area contributed by atoms with Gasteiger partial charge in [-0.1, -0.05) is 26.0 Å². The normalized spacial score (nSPS) is 50.8. The first-order chi connectivity index (χ1) is 10.8. The number of nitrogens with two attached hydrogens (primary N) is 1. The molecule has 0 aromatic carbocycles. The largest absolute Gasteiger partial charge is 0.393 e. The molecule has 3 aliphatic rings. The lowest BCUT2D eigenvalue weighted by molar-refractivity contribution is -0.119. The highest BCUT2D eigenvalue weighted by Crippen LogP contribution is 2.63. The Kier molecular flexibility index (Phi) is 4.67. The SMILES string of the molecule is C=C1CCC2[C@@H](CCN)C([C@@]3(C)CC[C@H](O)C[C@@H]3O)CC[C@@]12C. The third-order valence-electron chi connectivity index (χ3n) is 8.01. The first-order valence-corrected chi connectivity index (χ1v) is 9.57. The summed E-state index contributed by atoms with van der Waals surface area (Å²) in [6, 6.07) is 0. The number of rotatable bonds is 3. The monoisotopic (exact) mass is 321 g/mol. The predicted molar refractivity (Wildman–Crippen MR) is 93.8 cm³/mol. The number of fused-ring (bicyclic) bond motifs is 1. The van der Waals surface area contributed by atoms with Crippen molar-refractivity contribution >= 4 is 0 Å². The molecule has 0 amide bonds. The highest BCUT2D eigenvalue weighted by atomic mass is 16.3. The van der Waals surface area contributed by atoms with E-state index in [0.717, 1.165) is 32.2 Å². The number of aliphatic hydroxyl groups excluding tert-OH is 2. The third kappa shape index (κ3) is 2.69. The molecule has 0 aliphatic heterocycles. The van der Waals surface area contributed by atoms with E-state index >= 15 is 0 Å². The van der Waals surface area contributed by atoms with Crippen LogP contribution in [0.25, 0.3) is 0 Å². The Hall–Kier alpha value is -0.380. The van der Waals surface area contributed by atoms with E-state index < -0.39 is 0 Å². The summed E-state index contributed by atoms with van der Waals surface area (Å²) >= 11 is 0. The molecule has 3 heteroatoms. The molecule has 3 fully saturated rings. The summed E-state index contributed by atoms with van der Waals surface area (Å²) in [5, 5.41) is 20.7. The van der Waals surface area contributed by atoms with E-state index in [1.165, 1.54) is 24.8 Å². The van der Waals surface area contributed by atoms with Gasteiger partial charge in [0.25, 0.3) is 0 Å². The van der Waals surface area contributed by atoms with Crippen molar-refractivity contribution in [2.24, 2.45) is 34.3 Å². The van der Waals surface area contributed by atoms with Crippen LogP contribution < -0.4 is 5.73 Å². The van der Waals surface area contributed by atoms with Crippen molar-refractivity contribution in [3.8, 4) is 0 Å². The summed E-state index contributed by atoms with van der Waals surface area (Å²) in [6.45, 7) is 9.78. The van der Waals surface area contributed by atoms with Crippen LogP contribution in [0.5, 0.6) is 0 Å². The van der Waals surface area contributed by atoms with Crippen LogP contribution in [0, 0.1) is 28.6 Å². The molecule has 0 radical (unpaired) electrons. The molecule has 132 valence electrons. The first kappa shape index (κ1) is 17.4. The smallest absolute Gasteiger partial charge is 0.0621 e. The van der Waals surface area contributed by atoms with Crippen LogP contribution in [-0.4, -0.2) is 29.0 Å². The minimum atomic E-state index is -0.384. The molecule has 0 aromatic heterocycles. The first-order valence-electron chi connectivity index (χ1n) is 9.57. The minimum Gasteiger partial charge on any atom is -0.393 e. The second-order valence-electron chi connectivity index (χ2n) is 9.00. The van der Waals surface area contributed by atoms with Crippen LogP contribution in [0.15, 0.2) is 12.2 Å². The van der Waals surface area contributed by atoms with Gasteiger partial charge in [-0.05, 0) is 86.5 Å². The van der Waals surface area contributed by atoms with Crippen molar-refractivity contribution in [2.75, 3.05) is 6.54 Å². The molecular formula is C20H35NO2. The number of hydrogen-bond donors (Lipinski definition) is 3. The van der Waals surface area contributed by atoms with Gasteiger partial charge in [-0.2, -0.15) is 0 Å². The van der Waals surface area contributed by atoms with Crippen LogP contribution in [0.2, 0.25) is 0 Å². The third-order valence-corrected chi connectivity index (χ3v) is 8.01. The van der Waals surface area contributed by atoms with Gasteiger partial charge in [0.05, 0.1) is 12.2 Å². The van der Waals surface area contributed by atoms with Crippen LogP contribution in [-0.2, 0) is 0 Å². The van der Waals surface area contributed by atoms with E-state index in [-0.39, 0.29) is 23.0 Å². The van der Waals surface area contributed by atoms with Crippen molar-refractivity contribution in [2.45, 2.75) is 77.4 Å². The molecule has 3 aliphatic carbocycles. The molecule has 2 unspecified atom stereocenters. The summed E-state index contributed by atoms with van der Waals surface area (Å²) in [6.07, 6.45) is 7.42. The van der Waals surface area contributed by atoms with Gasteiger partial charge in [-0.25, -0.2) is 0 Å². The lowest BCUT2D eigenvalue weighted by Crippen LogP contribution is -2.52. The molecule has 7 atom stereocenters. The summed E-state index contributed by atoms with van der Waals surface area (Å²) in [5.74, 6) is 1.79. The zero-order valence-electron chi connectivity index (χ0n) is 14.9. The van der Waals surface area contributed by atoms with Crippen molar-refractivity contribution in [3.63, 3.8) is 0 Å². The zero-order chi connectivity index (χ0) is 16.8. The Balaban J connectivity index is 1.88. The van der Waals surface area contributed by atoms with Gasteiger partial charge in [0, 0.05) is 0 Å². The molecule has 23 heavy (non-hydrogen) atoms. The topological polar surface area (TPSA) is 66.5 Å². The summed E-state index contributed by atoms with van der Waals surface area (Å²) in [4.78, 5) is 0. The molecule has 0 heterocycles. The molecule has 0 aromatic rings. The molecule has 0 saturated heterocycles. The van der Waals surface area contributed by atoms with Crippen LogP contribution >= 0.6 is 0 Å². The average molecular weight is 322 g/mol. The summed E-state index contributed by atoms with van der Waals surface area (Å²) in [7, 11) is 0. The maximum atomic E-state index is 10.8. The van der Waals surface area contributed by atoms with Crippen LogP contribution in [0.1, 0.15) is 65.2 Å². The molecule has 3 saturated carbocycles. The fraction of sp³-hybridized carbons (Fsp3) is 0.900. The van der Waals surface area contributed by atoms with Gasteiger partial charge in [0.15, 0.2) is 0 Å². The van der Waals surface area contributed by atoms with E-state index in [0.29, 0.717) is 24.2 Å². The number of hydrogen-bond acceptors (Lipinski definition) is 3. The van der Waals surface area contributed by atoms with Gasteiger partial charge < -0.3 is 15.9 Å². The number of allylic oxidation sites excluding steroid dienone is 1. The quantitative estimate of drug-likeness (QED) is 0.699. The van der Waals surface area contributed by atoms with Gasteiger partial charge >= 0.3 is 0 Å². The number of aliphatic hydroxyl groups is 2. The lowest BCUT2D eigenvalue weighted by Gasteiger charge is -2.55. The molecular weight excluding hydrogens is 286 g/mol. The standard InChI is InChI=1S/C20H35NO2/c1-13-4-5-16-15(8-11-21)17(7-10-19(13,16)2)20(3)9-6-14(22)12-18(20)23/h14-18,22-23H,1,4-12,21H2,2-3H3/t14-,15+,16?,17?,18-,19-,20+/m0/s1. The Morgan fingerprint density at radius 2 is 1.87 bits per heavy atom. The zero-order valence-corrected chi connectivity index (χ0v) is 14.9. The molecule has 3 nitrogen and oxygen atoms in total. The maximum Gasteiger partial charge on any atom is 0.0621 e. The van der Waals surface area contributed by atoms with Gasteiger partial charge in [0.1, 0.15) is 0 Å². The van der Waals surface area contributed by atoms with Crippen molar-refractivity contribution in [1.82, 2.24) is 0 Å². The Morgan fingerprint density at radius 1 is 1.13 bits per heavy atom. The second-order valence-corrected chi connectivity index (χ2v) is 9.00. The van der Waals surface area contributed by atoms with Crippen molar-refractivity contribution in [1.29, 1.82) is 0 Å². The fourth-order valence-electron chi connectivity index (χ4n) is 6.33. The highest BCUT2D eigenvalue weighted by molar-refractivity contribution is 5.20. The molecule has 3 rings (SSSR count). The highest BCUT2D eigenvalue weighted by Gasteiger charge is 2.56. The van der Waals surface area contributed by atoms with Gasteiger partial charge in [-0.3, -0.25) is 0 Å². The summed E-state index contributed by atoms with van der Waals surface area (Å²) in [5.41, 5.74) is 7.64. The van der Waals surface area contributed by atoms with E-state index in [1.807, 2.05) is 0 Å². The van der Waals surface area contributed by atoms with Crippen LogP contribution in [0.4, 0.5) is 0 Å². The van der Waals surface area contributed by atoms with Crippen molar-refractivity contribution in [3.05, 3.63) is 12.2 Å². The average Bonchev–Trinajstić information content (AvgIpc) is 2.80. The minimum absolute atomic E-state index is 0.0652. The Morgan fingerprint density at radius 3 is 2.52 bits per heavy atom. The molecule has 0 bridgehead atoms.